The Kier molecular flexibility index (Phi) is 4.40. The monoisotopic (exact) mass is 224 g/mol. The highest BCUT2D eigenvalue weighted by molar-refractivity contribution is 4.79. The minimum atomic E-state index is -4.09. The van der Waals surface area contributed by atoms with Gasteiger partial charge in [0.05, 0.1) is 5.92 Å². The molecule has 1 fully saturated rings. The van der Waals surface area contributed by atoms with Gasteiger partial charge in [-0.2, -0.15) is 13.2 Å². The minimum absolute atomic E-state index is 0.0173. The Bertz CT molecular complexity index is 186. The predicted molar refractivity (Wildman–Crippen MR) is 53.5 cm³/mol. The van der Waals surface area contributed by atoms with Gasteiger partial charge in [-0.25, -0.2) is 0 Å². The second-order valence-electron chi connectivity index (χ2n) is 4.46. The Morgan fingerprint density at radius 3 is 2.27 bits per heavy atom. The van der Waals surface area contributed by atoms with Crippen molar-refractivity contribution in [3.63, 3.8) is 0 Å². The molecule has 90 valence electrons. The molecule has 0 spiro atoms. The molecule has 3 N–H and O–H groups in total. The van der Waals surface area contributed by atoms with E-state index in [1.807, 2.05) is 0 Å². The van der Waals surface area contributed by atoms with Gasteiger partial charge in [0, 0.05) is 18.6 Å². The van der Waals surface area contributed by atoms with E-state index in [1.165, 1.54) is 6.92 Å². The zero-order chi connectivity index (χ0) is 11.5. The van der Waals surface area contributed by atoms with E-state index in [0.717, 1.165) is 25.7 Å². The lowest BCUT2D eigenvalue weighted by Crippen LogP contribution is -2.41. The molecule has 0 aromatic carbocycles. The third-order valence-electron chi connectivity index (χ3n) is 3.04. The predicted octanol–water partition coefficient (Wildman–Crippen LogP) is 2.04. The maximum atomic E-state index is 12.2. The van der Waals surface area contributed by atoms with Crippen molar-refractivity contribution in [1.29, 1.82) is 0 Å². The quantitative estimate of drug-likeness (QED) is 0.770. The Morgan fingerprint density at radius 1 is 1.27 bits per heavy atom. The standard InChI is InChI=1S/C10H19F3N2/c1-7(10(11,12)13)6-15-9-4-2-8(14)3-5-9/h7-9,15H,2-6,14H2,1H3/t7-,8?,9?/m1/s1. The van der Waals surface area contributed by atoms with E-state index in [-0.39, 0.29) is 18.6 Å². The lowest BCUT2D eigenvalue weighted by atomic mass is 9.91. The Labute approximate surface area is 88.4 Å². The average Bonchev–Trinajstić information content (AvgIpc) is 2.15. The first-order valence-electron chi connectivity index (χ1n) is 5.45. The molecule has 1 saturated carbocycles. The number of hydrogen-bond acceptors (Lipinski definition) is 2. The van der Waals surface area contributed by atoms with Crippen LogP contribution in [-0.2, 0) is 0 Å². The maximum Gasteiger partial charge on any atom is 0.392 e. The van der Waals surface area contributed by atoms with E-state index in [2.05, 4.69) is 5.32 Å². The summed E-state index contributed by atoms with van der Waals surface area (Å²) < 4.78 is 36.6. The van der Waals surface area contributed by atoms with Crippen molar-refractivity contribution in [2.24, 2.45) is 11.7 Å². The van der Waals surface area contributed by atoms with Crippen molar-refractivity contribution in [3.8, 4) is 0 Å². The summed E-state index contributed by atoms with van der Waals surface area (Å²) in [6.07, 6.45) is -0.467. The summed E-state index contributed by atoms with van der Waals surface area (Å²) in [5, 5.41) is 2.97. The van der Waals surface area contributed by atoms with E-state index in [0.29, 0.717) is 0 Å². The lowest BCUT2D eigenvalue weighted by Gasteiger charge is -2.28. The minimum Gasteiger partial charge on any atom is -0.328 e. The van der Waals surface area contributed by atoms with Crippen molar-refractivity contribution in [3.05, 3.63) is 0 Å². The maximum absolute atomic E-state index is 12.2. The summed E-state index contributed by atoms with van der Waals surface area (Å²) in [4.78, 5) is 0. The van der Waals surface area contributed by atoms with Gasteiger partial charge in [0.15, 0.2) is 0 Å². The van der Waals surface area contributed by atoms with Crippen LogP contribution in [0.4, 0.5) is 13.2 Å². The Hall–Kier alpha value is -0.290. The molecule has 0 aromatic heterocycles. The van der Waals surface area contributed by atoms with Gasteiger partial charge in [-0.1, -0.05) is 6.92 Å². The van der Waals surface area contributed by atoms with Crippen LogP contribution in [0.1, 0.15) is 32.6 Å². The summed E-state index contributed by atoms with van der Waals surface area (Å²) >= 11 is 0. The first-order valence-corrected chi connectivity index (χ1v) is 5.45. The van der Waals surface area contributed by atoms with E-state index < -0.39 is 12.1 Å². The fourth-order valence-corrected chi connectivity index (χ4v) is 1.78. The number of nitrogens with two attached hydrogens (primary N) is 1. The number of alkyl halides is 3. The number of hydrogen-bond donors (Lipinski definition) is 2. The SMILES string of the molecule is C[C@H](CNC1CCC(N)CC1)C(F)(F)F. The molecule has 0 aliphatic heterocycles. The zero-order valence-electron chi connectivity index (χ0n) is 8.98. The highest BCUT2D eigenvalue weighted by atomic mass is 19.4. The van der Waals surface area contributed by atoms with Gasteiger partial charge in [0.25, 0.3) is 0 Å². The molecule has 0 amide bonds. The molecule has 1 aliphatic carbocycles. The summed E-state index contributed by atoms with van der Waals surface area (Å²) in [5.74, 6) is -1.27. The lowest BCUT2D eigenvalue weighted by molar-refractivity contribution is -0.168. The third kappa shape index (κ3) is 4.38. The van der Waals surface area contributed by atoms with Crippen LogP contribution in [0.2, 0.25) is 0 Å². The van der Waals surface area contributed by atoms with Crippen molar-refractivity contribution in [1.82, 2.24) is 5.32 Å². The molecule has 1 atom stereocenters. The molecule has 0 unspecified atom stereocenters. The molecule has 0 heterocycles. The van der Waals surface area contributed by atoms with Crippen LogP contribution in [0.5, 0.6) is 0 Å². The number of nitrogens with one attached hydrogen (secondary N) is 1. The van der Waals surface area contributed by atoms with Gasteiger partial charge in [-0.05, 0) is 25.7 Å². The normalized spacial score (nSPS) is 30.2. The van der Waals surface area contributed by atoms with Crippen LogP contribution in [0.3, 0.4) is 0 Å². The molecule has 1 rings (SSSR count). The molecule has 0 aromatic rings. The molecule has 2 nitrogen and oxygen atoms in total. The number of rotatable bonds is 3. The Balaban J connectivity index is 2.20. The summed E-state index contributed by atoms with van der Waals surface area (Å²) in [6, 6.07) is 0.456. The van der Waals surface area contributed by atoms with Crippen LogP contribution in [0, 0.1) is 5.92 Å². The van der Waals surface area contributed by atoms with Gasteiger partial charge in [-0.15, -0.1) is 0 Å². The van der Waals surface area contributed by atoms with E-state index in [4.69, 9.17) is 5.73 Å². The van der Waals surface area contributed by atoms with E-state index >= 15 is 0 Å². The first kappa shape index (κ1) is 12.8. The number of halogens is 3. The fourth-order valence-electron chi connectivity index (χ4n) is 1.78. The molecular formula is C10H19F3N2. The second-order valence-corrected chi connectivity index (χ2v) is 4.46. The van der Waals surface area contributed by atoms with Gasteiger partial charge in [0.2, 0.25) is 0 Å². The Morgan fingerprint density at radius 2 is 1.80 bits per heavy atom. The molecule has 1 aliphatic rings. The topological polar surface area (TPSA) is 38.0 Å². The van der Waals surface area contributed by atoms with Crippen molar-refractivity contribution < 1.29 is 13.2 Å². The van der Waals surface area contributed by atoms with Gasteiger partial charge in [0.1, 0.15) is 0 Å². The largest absolute Gasteiger partial charge is 0.392 e. The molecule has 0 radical (unpaired) electrons. The van der Waals surface area contributed by atoms with Crippen molar-refractivity contribution in [2.45, 2.75) is 50.9 Å². The van der Waals surface area contributed by atoms with Crippen LogP contribution < -0.4 is 11.1 Å². The van der Waals surface area contributed by atoms with E-state index in [9.17, 15) is 13.2 Å². The molecule has 15 heavy (non-hydrogen) atoms. The summed E-state index contributed by atoms with van der Waals surface area (Å²) in [6.45, 7) is 1.23. The third-order valence-corrected chi connectivity index (χ3v) is 3.04. The van der Waals surface area contributed by atoms with Gasteiger partial charge in [-0.3, -0.25) is 0 Å². The molecule has 5 heteroatoms. The van der Waals surface area contributed by atoms with Crippen LogP contribution in [0.15, 0.2) is 0 Å². The first-order chi connectivity index (χ1) is 6.89. The van der Waals surface area contributed by atoms with Crippen molar-refractivity contribution >= 4 is 0 Å². The molecule has 0 bridgehead atoms. The van der Waals surface area contributed by atoms with Gasteiger partial charge < -0.3 is 11.1 Å². The van der Waals surface area contributed by atoms with E-state index in [1.54, 1.807) is 0 Å². The van der Waals surface area contributed by atoms with Crippen LogP contribution in [-0.4, -0.2) is 24.8 Å². The zero-order valence-corrected chi connectivity index (χ0v) is 8.98. The smallest absolute Gasteiger partial charge is 0.328 e. The van der Waals surface area contributed by atoms with Gasteiger partial charge >= 0.3 is 6.18 Å². The van der Waals surface area contributed by atoms with Crippen LogP contribution >= 0.6 is 0 Å². The second kappa shape index (κ2) is 5.16. The van der Waals surface area contributed by atoms with Crippen LogP contribution in [0.25, 0.3) is 0 Å². The average molecular weight is 224 g/mol. The summed E-state index contributed by atoms with van der Waals surface area (Å²) in [7, 11) is 0. The molecule has 0 saturated heterocycles. The summed E-state index contributed by atoms with van der Waals surface area (Å²) in [5.41, 5.74) is 5.71. The highest BCUT2D eigenvalue weighted by Crippen LogP contribution is 2.25. The molecular weight excluding hydrogens is 205 g/mol. The highest BCUT2D eigenvalue weighted by Gasteiger charge is 2.35. The van der Waals surface area contributed by atoms with Crippen molar-refractivity contribution in [2.75, 3.05) is 6.54 Å². The fraction of sp³-hybridized carbons (Fsp3) is 1.00.